The number of carbonyl (C=O) groups excluding carboxylic acids is 1. The molecule has 1 aromatic heterocycles. The SMILES string of the molecule is CCc1cc(CCC2(C3CCCC3)CC(O)=C(Cc3nc[nH]c3C)C(=O)O2)ccc1C. The van der Waals surface area contributed by atoms with Crippen molar-refractivity contribution in [2.45, 2.75) is 84.2 Å². The van der Waals surface area contributed by atoms with Crippen molar-refractivity contribution in [2.24, 2.45) is 5.92 Å². The van der Waals surface area contributed by atoms with Crippen LogP contribution in [0.15, 0.2) is 35.9 Å². The molecule has 1 saturated carbocycles. The zero-order chi connectivity index (χ0) is 22.0. The Kier molecular flexibility index (Phi) is 6.22. The van der Waals surface area contributed by atoms with Crippen molar-refractivity contribution in [2.75, 3.05) is 0 Å². The van der Waals surface area contributed by atoms with Crippen LogP contribution in [0.3, 0.4) is 0 Å². The second kappa shape index (κ2) is 8.89. The summed E-state index contributed by atoms with van der Waals surface area (Å²) in [6.07, 6.45) is 9.38. The van der Waals surface area contributed by atoms with E-state index in [2.05, 4.69) is 42.0 Å². The molecule has 2 aromatic rings. The molecule has 0 spiro atoms. The number of rotatable bonds is 7. The third kappa shape index (κ3) is 4.41. The fourth-order valence-electron chi connectivity index (χ4n) is 5.34. The van der Waals surface area contributed by atoms with Crippen LogP contribution in [0, 0.1) is 19.8 Å². The summed E-state index contributed by atoms with van der Waals surface area (Å²) in [4.78, 5) is 20.4. The number of hydrogen-bond acceptors (Lipinski definition) is 4. The summed E-state index contributed by atoms with van der Waals surface area (Å²) < 4.78 is 6.24. The number of benzene rings is 1. The van der Waals surface area contributed by atoms with Gasteiger partial charge in [0.05, 0.1) is 17.6 Å². The summed E-state index contributed by atoms with van der Waals surface area (Å²) in [5, 5.41) is 11.0. The first kappa shape index (κ1) is 21.7. The first-order valence-electron chi connectivity index (χ1n) is 11.6. The van der Waals surface area contributed by atoms with Crippen LogP contribution in [0.2, 0.25) is 0 Å². The Bertz CT molecular complexity index is 984. The zero-order valence-corrected chi connectivity index (χ0v) is 19.0. The predicted octanol–water partition coefficient (Wildman–Crippen LogP) is 5.45. The molecule has 0 bridgehead atoms. The van der Waals surface area contributed by atoms with Crippen molar-refractivity contribution in [3.63, 3.8) is 0 Å². The molecule has 1 aliphatic carbocycles. The van der Waals surface area contributed by atoms with Crippen LogP contribution in [0.25, 0.3) is 0 Å². The molecular weight excluding hydrogens is 388 g/mol. The van der Waals surface area contributed by atoms with Crippen LogP contribution >= 0.6 is 0 Å². The van der Waals surface area contributed by atoms with Gasteiger partial charge in [-0.1, -0.05) is 38.0 Å². The molecule has 5 nitrogen and oxygen atoms in total. The minimum absolute atomic E-state index is 0.184. The van der Waals surface area contributed by atoms with Crippen LogP contribution in [0.4, 0.5) is 0 Å². The minimum atomic E-state index is -0.612. The van der Waals surface area contributed by atoms with E-state index in [-0.39, 0.29) is 11.7 Å². The molecule has 4 rings (SSSR count). The highest BCUT2D eigenvalue weighted by atomic mass is 16.6. The summed E-state index contributed by atoms with van der Waals surface area (Å²) in [5.74, 6) is 0.114. The number of H-pyrrole nitrogens is 1. The Morgan fingerprint density at radius 2 is 2.03 bits per heavy atom. The normalized spacial score (nSPS) is 22.2. The van der Waals surface area contributed by atoms with Gasteiger partial charge in [0.2, 0.25) is 0 Å². The van der Waals surface area contributed by atoms with Gasteiger partial charge in [-0.3, -0.25) is 0 Å². The topological polar surface area (TPSA) is 75.2 Å². The molecule has 0 radical (unpaired) electrons. The van der Waals surface area contributed by atoms with Gasteiger partial charge in [0, 0.05) is 18.5 Å². The second-order valence-electron chi connectivity index (χ2n) is 9.30. The molecular formula is C26H34N2O3. The molecule has 1 atom stereocenters. The van der Waals surface area contributed by atoms with E-state index in [0.29, 0.717) is 24.3 Å². The lowest BCUT2D eigenvalue weighted by Crippen LogP contribution is -2.46. The summed E-state index contributed by atoms with van der Waals surface area (Å²) >= 11 is 0. The standard InChI is InChI=1S/C26H34N2O3/c1-4-20-13-19(10-9-17(20)2)11-12-26(21-7-5-6-8-21)15-24(29)22(25(30)31-26)14-23-18(3)27-16-28-23/h9-10,13,16,21,29H,4-8,11-12,14-15H2,1-3H3,(H,27,28). The number of carbonyl (C=O) groups is 1. The molecule has 0 amide bonds. The number of nitrogens with zero attached hydrogens (tertiary/aromatic N) is 1. The van der Waals surface area contributed by atoms with E-state index in [1.165, 1.54) is 16.7 Å². The molecule has 1 fully saturated rings. The number of aromatic amines is 1. The van der Waals surface area contributed by atoms with Gasteiger partial charge in [-0.15, -0.1) is 0 Å². The van der Waals surface area contributed by atoms with Gasteiger partial charge in [-0.25, -0.2) is 9.78 Å². The van der Waals surface area contributed by atoms with E-state index in [4.69, 9.17) is 4.74 Å². The van der Waals surface area contributed by atoms with Crippen LogP contribution in [-0.2, 0) is 28.8 Å². The Labute approximate surface area is 184 Å². The van der Waals surface area contributed by atoms with Crippen molar-refractivity contribution in [3.8, 4) is 0 Å². The lowest BCUT2D eigenvalue weighted by atomic mass is 9.76. The highest BCUT2D eigenvalue weighted by molar-refractivity contribution is 5.90. The lowest BCUT2D eigenvalue weighted by molar-refractivity contribution is -0.167. The molecule has 5 heteroatoms. The zero-order valence-electron chi connectivity index (χ0n) is 19.0. The van der Waals surface area contributed by atoms with Gasteiger partial charge in [0.25, 0.3) is 0 Å². The van der Waals surface area contributed by atoms with Gasteiger partial charge < -0.3 is 14.8 Å². The maximum atomic E-state index is 13.1. The average Bonchev–Trinajstić information content (AvgIpc) is 3.42. The molecule has 2 aliphatic rings. The van der Waals surface area contributed by atoms with Crippen LogP contribution in [0.5, 0.6) is 0 Å². The number of imidazole rings is 1. The molecule has 166 valence electrons. The summed E-state index contributed by atoms with van der Waals surface area (Å²) in [6, 6.07) is 6.65. The maximum absolute atomic E-state index is 13.1. The molecule has 1 aromatic carbocycles. The number of ether oxygens (including phenoxy) is 1. The molecule has 1 unspecified atom stereocenters. The summed E-state index contributed by atoms with van der Waals surface area (Å²) in [5.41, 5.74) is 5.39. The van der Waals surface area contributed by atoms with Crippen LogP contribution in [0.1, 0.15) is 73.5 Å². The van der Waals surface area contributed by atoms with Gasteiger partial charge in [-0.05, 0) is 68.6 Å². The van der Waals surface area contributed by atoms with E-state index in [0.717, 1.165) is 56.3 Å². The molecule has 0 saturated heterocycles. The van der Waals surface area contributed by atoms with Crippen LogP contribution in [-0.4, -0.2) is 26.6 Å². The summed E-state index contributed by atoms with van der Waals surface area (Å²) in [7, 11) is 0. The fraction of sp³-hybridized carbons (Fsp3) is 0.538. The monoisotopic (exact) mass is 422 g/mol. The predicted molar refractivity (Wildman–Crippen MR) is 121 cm³/mol. The third-order valence-corrected chi connectivity index (χ3v) is 7.37. The number of aryl methyl sites for hydroxylation is 4. The van der Waals surface area contributed by atoms with Crippen molar-refractivity contribution < 1.29 is 14.6 Å². The van der Waals surface area contributed by atoms with Gasteiger partial charge in [0.1, 0.15) is 11.4 Å². The molecule has 2 N–H and O–H groups in total. The molecule has 31 heavy (non-hydrogen) atoms. The van der Waals surface area contributed by atoms with Crippen molar-refractivity contribution in [3.05, 3.63) is 63.9 Å². The highest BCUT2D eigenvalue weighted by Crippen LogP contribution is 2.46. The molecule has 2 heterocycles. The number of esters is 1. The average molecular weight is 423 g/mol. The molecule has 1 aliphatic heterocycles. The highest BCUT2D eigenvalue weighted by Gasteiger charge is 2.48. The minimum Gasteiger partial charge on any atom is -0.512 e. The number of cyclic esters (lactones) is 1. The number of aromatic nitrogens is 2. The Balaban J connectivity index is 1.58. The first-order valence-corrected chi connectivity index (χ1v) is 11.6. The largest absolute Gasteiger partial charge is 0.512 e. The third-order valence-electron chi connectivity index (χ3n) is 7.37. The Morgan fingerprint density at radius 1 is 1.26 bits per heavy atom. The van der Waals surface area contributed by atoms with E-state index in [9.17, 15) is 9.90 Å². The smallest absolute Gasteiger partial charge is 0.338 e. The van der Waals surface area contributed by atoms with Crippen molar-refractivity contribution in [1.82, 2.24) is 9.97 Å². The number of nitrogens with one attached hydrogen (secondary N) is 1. The quantitative estimate of drug-likeness (QED) is 0.582. The maximum Gasteiger partial charge on any atom is 0.338 e. The van der Waals surface area contributed by atoms with E-state index in [1.807, 2.05) is 6.92 Å². The van der Waals surface area contributed by atoms with E-state index in [1.54, 1.807) is 6.33 Å². The van der Waals surface area contributed by atoms with Crippen LogP contribution < -0.4 is 0 Å². The van der Waals surface area contributed by atoms with Gasteiger partial charge in [0.15, 0.2) is 0 Å². The lowest BCUT2D eigenvalue weighted by Gasteiger charge is -2.42. The fourth-order valence-corrected chi connectivity index (χ4v) is 5.34. The van der Waals surface area contributed by atoms with Crippen molar-refractivity contribution in [1.29, 1.82) is 0 Å². The van der Waals surface area contributed by atoms with Crippen molar-refractivity contribution >= 4 is 5.97 Å². The second-order valence-corrected chi connectivity index (χ2v) is 9.30. The number of hydrogen-bond donors (Lipinski definition) is 2. The van der Waals surface area contributed by atoms with Gasteiger partial charge in [-0.2, -0.15) is 0 Å². The number of aliphatic hydroxyl groups excluding tert-OH is 1. The Morgan fingerprint density at radius 3 is 2.68 bits per heavy atom. The van der Waals surface area contributed by atoms with E-state index >= 15 is 0 Å². The number of aliphatic hydroxyl groups is 1. The van der Waals surface area contributed by atoms with Gasteiger partial charge >= 0.3 is 5.97 Å². The summed E-state index contributed by atoms with van der Waals surface area (Å²) in [6.45, 7) is 6.25. The first-order chi connectivity index (χ1) is 14.9. The Hall–Kier alpha value is -2.56. The van der Waals surface area contributed by atoms with E-state index < -0.39 is 5.60 Å².